The number of benzene rings is 11. The summed E-state index contributed by atoms with van der Waals surface area (Å²) >= 11 is 0. The predicted octanol–water partition coefficient (Wildman–Crippen LogP) is 18.8. The number of hydrogen-bond acceptors (Lipinski definition) is 2. The summed E-state index contributed by atoms with van der Waals surface area (Å²) in [5, 5.41) is 0. The first-order valence-corrected chi connectivity index (χ1v) is 24.5. The maximum Gasteiger partial charge on any atom is 0.160 e. The summed E-state index contributed by atoms with van der Waals surface area (Å²) in [7, 11) is 0. The molecule has 0 spiro atoms. The Kier molecular flexibility index (Phi) is 12.1. The molecule has 0 amide bonds. The maximum absolute atomic E-state index is 5.36. The van der Waals surface area contributed by atoms with Crippen LogP contribution in [0.2, 0.25) is 0 Å². The van der Waals surface area contributed by atoms with Crippen LogP contribution in [0.3, 0.4) is 0 Å². The van der Waals surface area contributed by atoms with E-state index >= 15 is 0 Å². The van der Waals surface area contributed by atoms with Crippen molar-refractivity contribution in [1.29, 1.82) is 0 Å². The van der Waals surface area contributed by atoms with Gasteiger partial charge in [-0.25, -0.2) is 9.97 Å². The van der Waals surface area contributed by atoms with Crippen molar-refractivity contribution >= 4 is 0 Å². The van der Waals surface area contributed by atoms with Gasteiger partial charge in [0.25, 0.3) is 0 Å². The number of hydrogen-bond donors (Lipinski definition) is 0. The van der Waals surface area contributed by atoms with Gasteiger partial charge in [0, 0.05) is 16.7 Å². The third kappa shape index (κ3) is 9.46. The molecule has 11 aromatic carbocycles. The van der Waals surface area contributed by atoms with E-state index in [0.29, 0.717) is 5.82 Å². The fourth-order valence-corrected chi connectivity index (χ4v) is 9.68. The Balaban J connectivity index is 0.906. The van der Waals surface area contributed by atoms with Crippen LogP contribution in [-0.4, -0.2) is 9.97 Å². The van der Waals surface area contributed by atoms with Crippen molar-refractivity contribution in [1.82, 2.24) is 9.97 Å². The zero-order chi connectivity index (χ0) is 48.1. The lowest BCUT2D eigenvalue weighted by molar-refractivity contribution is 1.18. The van der Waals surface area contributed by atoms with Gasteiger partial charge in [-0.1, -0.05) is 243 Å². The normalized spacial score (nSPS) is 11.1. The second-order valence-corrected chi connectivity index (χ2v) is 18.2. The molecule has 0 N–H and O–H groups in total. The monoisotopic (exact) mass is 916 g/mol. The Morgan fingerprint density at radius 1 is 0.139 bits per heavy atom. The van der Waals surface area contributed by atoms with Gasteiger partial charge in [-0.2, -0.15) is 0 Å². The summed E-state index contributed by atoms with van der Waals surface area (Å²) in [5.74, 6) is 0.669. The zero-order valence-electron chi connectivity index (χ0n) is 39.6. The molecule has 0 radical (unpaired) electrons. The molecule has 0 aliphatic carbocycles. The van der Waals surface area contributed by atoms with Gasteiger partial charge in [0.2, 0.25) is 0 Å². The minimum absolute atomic E-state index is 0.669. The maximum atomic E-state index is 5.36. The quantitative estimate of drug-likeness (QED) is 0.129. The van der Waals surface area contributed by atoms with Gasteiger partial charge >= 0.3 is 0 Å². The molecule has 0 atom stereocenters. The lowest BCUT2D eigenvalue weighted by Gasteiger charge is -2.13. The Hall–Kier alpha value is -9.50. The third-order valence-corrected chi connectivity index (χ3v) is 13.5. The van der Waals surface area contributed by atoms with Crippen molar-refractivity contribution in [2.75, 3.05) is 0 Å². The van der Waals surface area contributed by atoms with E-state index in [1.54, 1.807) is 0 Å². The van der Waals surface area contributed by atoms with Crippen molar-refractivity contribution in [2.24, 2.45) is 0 Å². The summed E-state index contributed by atoms with van der Waals surface area (Å²) in [6, 6.07) is 104. The van der Waals surface area contributed by atoms with Crippen LogP contribution in [0.4, 0.5) is 0 Å². The van der Waals surface area contributed by atoms with Gasteiger partial charge in [0.15, 0.2) is 5.82 Å². The third-order valence-electron chi connectivity index (χ3n) is 13.5. The highest BCUT2D eigenvalue weighted by atomic mass is 14.9. The molecule has 12 rings (SSSR count). The topological polar surface area (TPSA) is 25.8 Å². The molecule has 0 saturated carbocycles. The first kappa shape index (κ1) is 43.8. The van der Waals surface area contributed by atoms with Gasteiger partial charge in [-0.3, -0.25) is 0 Å². The fourth-order valence-electron chi connectivity index (χ4n) is 9.68. The number of nitrogens with zero attached hydrogens (tertiary/aromatic N) is 2. The summed E-state index contributed by atoms with van der Waals surface area (Å²) in [6.07, 6.45) is 0. The molecule has 0 aliphatic heterocycles. The average molecular weight is 917 g/mol. The molecule has 0 fully saturated rings. The molecule has 12 aromatic rings. The molecule has 0 bridgehead atoms. The smallest absolute Gasteiger partial charge is 0.160 e. The van der Waals surface area contributed by atoms with Crippen LogP contribution >= 0.6 is 0 Å². The summed E-state index contributed by atoms with van der Waals surface area (Å²) in [6.45, 7) is 0. The van der Waals surface area contributed by atoms with Crippen LogP contribution in [0.15, 0.2) is 291 Å². The van der Waals surface area contributed by atoms with Crippen molar-refractivity contribution < 1.29 is 0 Å². The second-order valence-electron chi connectivity index (χ2n) is 18.2. The van der Waals surface area contributed by atoms with E-state index in [1.165, 1.54) is 50.1 Å². The highest BCUT2D eigenvalue weighted by Gasteiger charge is 2.15. The van der Waals surface area contributed by atoms with E-state index in [2.05, 4.69) is 291 Å². The molecule has 0 aliphatic rings. The molecule has 2 nitrogen and oxygen atoms in total. The Morgan fingerprint density at radius 3 is 0.681 bits per heavy atom. The minimum Gasteiger partial charge on any atom is -0.228 e. The van der Waals surface area contributed by atoms with Crippen LogP contribution in [0.5, 0.6) is 0 Å². The highest BCUT2D eigenvalue weighted by molar-refractivity contribution is 5.83. The Bertz CT molecular complexity index is 3840. The summed E-state index contributed by atoms with van der Waals surface area (Å²) in [5.41, 5.74) is 23.4. The van der Waals surface area contributed by atoms with Crippen molar-refractivity contribution in [3.63, 3.8) is 0 Å². The lowest BCUT2D eigenvalue weighted by Crippen LogP contribution is -1.96. The first-order chi connectivity index (χ1) is 35.6. The largest absolute Gasteiger partial charge is 0.228 e. The van der Waals surface area contributed by atoms with Crippen LogP contribution in [-0.2, 0) is 0 Å². The van der Waals surface area contributed by atoms with Crippen LogP contribution in [0.25, 0.3) is 123 Å². The van der Waals surface area contributed by atoms with Gasteiger partial charge in [-0.05, 0) is 138 Å². The van der Waals surface area contributed by atoms with Gasteiger partial charge in [0.1, 0.15) is 0 Å². The van der Waals surface area contributed by atoms with E-state index in [9.17, 15) is 0 Å². The number of rotatable bonds is 11. The fraction of sp³-hybridized carbons (Fsp3) is 0. The SMILES string of the molecule is c1ccc(-c2cccc(-c3cccc(-c4ccc(-c5cc(-c6cccc(-c7cccc(-c8ccccc8)c7)c6)nc(-c6cccc(-c7cccc(-c8cccc(-c9ccccc9)c8)c7)c6)n5)cc4)c3)c2)cc1. The van der Waals surface area contributed by atoms with Crippen molar-refractivity contribution in [2.45, 2.75) is 0 Å². The average Bonchev–Trinajstić information content (AvgIpc) is 3.48. The van der Waals surface area contributed by atoms with Crippen LogP contribution in [0.1, 0.15) is 0 Å². The minimum atomic E-state index is 0.669. The van der Waals surface area contributed by atoms with E-state index in [0.717, 1.165) is 67.0 Å². The Morgan fingerprint density at radius 2 is 0.347 bits per heavy atom. The standard InChI is InChI=1S/C70H48N2/c1-4-17-49(18-5-1)54-23-10-27-58(41-54)60-29-13-26-57(44-60)52-37-39-53(40-38-52)68-48-69(66-35-15-33-64(46-66)61-30-12-25-56(43-61)51-21-8-3-9-22-51)72-70(71-68)67-36-16-34-65(47-67)63-32-14-31-62(45-63)59-28-11-24-55(42-59)50-19-6-2-7-20-50/h1-48H. The van der Waals surface area contributed by atoms with E-state index in [-0.39, 0.29) is 0 Å². The predicted molar refractivity (Wildman–Crippen MR) is 302 cm³/mol. The lowest BCUT2D eigenvalue weighted by atomic mass is 9.95. The molecule has 0 unspecified atom stereocenters. The van der Waals surface area contributed by atoms with Crippen LogP contribution in [0, 0.1) is 0 Å². The van der Waals surface area contributed by atoms with Gasteiger partial charge < -0.3 is 0 Å². The molecule has 72 heavy (non-hydrogen) atoms. The highest BCUT2D eigenvalue weighted by Crippen LogP contribution is 2.36. The zero-order valence-corrected chi connectivity index (χ0v) is 39.6. The molecular formula is C70H48N2. The molecule has 338 valence electrons. The molecule has 1 aromatic heterocycles. The van der Waals surface area contributed by atoms with Gasteiger partial charge in [0.05, 0.1) is 11.4 Å². The van der Waals surface area contributed by atoms with Crippen molar-refractivity contribution in [3.8, 4) is 123 Å². The van der Waals surface area contributed by atoms with E-state index < -0.39 is 0 Å². The van der Waals surface area contributed by atoms with E-state index in [1.807, 2.05) is 0 Å². The van der Waals surface area contributed by atoms with Crippen LogP contribution < -0.4 is 0 Å². The summed E-state index contributed by atoms with van der Waals surface area (Å²) < 4.78 is 0. The first-order valence-electron chi connectivity index (χ1n) is 24.5. The van der Waals surface area contributed by atoms with E-state index in [4.69, 9.17) is 9.97 Å². The van der Waals surface area contributed by atoms with Gasteiger partial charge in [-0.15, -0.1) is 0 Å². The van der Waals surface area contributed by atoms with Crippen molar-refractivity contribution in [3.05, 3.63) is 291 Å². The second kappa shape index (κ2) is 19.8. The molecule has 0 saturated heterocycles. The molecular weight excluding hydrogens is 869 g/mol. The number of aromatic nitrogens is 2. The summed E-state index contributed by atoms with van der Waals surface area (Å²) in [4.78, 5) is 10.7. The molecule has 2 heteroatoms. The molecule has 1 heterocycles. The Labute approximate surface area is 421 Å².